The van der Waals surface area contributed by atoms with Gasteiger partial charge in [0.25, 0.3) is 0 Å². The zero-order chi connectivity index (χ0) is 20.4. The molecule has 150 valence electrons. The minimum Gasteiger partial charge on any atom is -0.462 e. The summed E-state index contributed by atoms with van der Waals surface area (Å²) in [7, 11) is 0. The highest BCUT2D eigenvalue weighted by Crippen LogP contribution is 2.59. The van der Waals surface area contributed by atoms with Crippen LogP contribution in [0.4, 0.5) is 0 Å². The molecule has 6 atom stereocenters. The Morgan fingerprint density at radius 3 is 2.44 bits per heavy atom. The number of aliphatic hydroxyl groups is 3. The Kier molecular flexibility index (Phi) is 4.69. The molecule has 0 saturated heterocycles. The van der Waals surface area contributed by atoms with Crippen LogP contribution in [0.2, 0.25) is 0 Å². The van der Waals surface area contributed by atoms with Crippen LogP contribution in [-0.4, -0.2) is 51.0 Å². The number of ketones is 1. The summed E-state index contributed by atoms with van der Waals surface area (Å²) >= 11 is 0. The van der Waals surface area contributed by atoms with E-state index in [0.29, 0.717) is 17.6 Å². The Hall–Kier alpha value is -1.50. The van der Waals surface area contributed by atoms with Gasteiger partial charge in [0.1, 0.15) is 11.7 Å². The molecule has 3 N–H and O–H groups in total. The summed E-state index contributed by atoms with van der Waals surface area (Å²) in [5.41, 5.74) is -2.86. The van der Waals surface area contributed by atoms with E-state index in [2.05, 4.69) is 0 Å². The normalized spacial score (nSPS) is 43.2. The predicted octanol–water partition coefficient (Wildman–Crippen LogP) is 1.53. The van der Waals surface area contributed by atoms with E-state index in [4.69, 9.17) is 4.74 Å². The number of rotatable bonds is 2. The number of hydrogen-bond donors (Lipinski definition) is 3. The van der Waals surface area contributed by atoms with Crippen molar-refractivity contribution in [3.05, 3.63) is 23.3 Å². The Balaban J connectivity index is 2.19. The lowest BCUT2D eigenvalue weighted by molar-refractivity contribution is -0.216. The maximum atomic E-state index is 12.8. The monoisotopic (exact) mass is 378 g/mol. The summed E-state index contributed by atoms with van der Waals surface area (Å²) in [6, 6.07) is 0. The van der Waals surface area contributed by atoms with Crippen molar-refractivity contribution in [1.29, 1.82) is 0 Å². The standard InChI is InChI=1S/C21H30O6/c1-11-6-16-20(25,18(11)24)9-14(10-22)8-15-19(4,5)17(27-13(3)23)7-12(2)21(15,16)26/h6,8,12,15-17,22,25-26H,7,9-10H2,1-5H3/t12-,15+,16-,17-,20-,21-/m1/s1. The average molecular weight is 378 g/mol. The van der Waals surface area contributed by atoms with Crippen LogP contribution >= 0.6 is 0 Å². The fourth-order valence-corrected chi connectivity index (χ4v) is 5.57. The molecule has 0 aromatic heterocycles. The minimum absolute atomic E-state index is 0.0132. The lowest BCUT2D eigenvalue weighted by Gasteiger charge is -2.57. The molecular weight excluding hydrogens is 348 g/mol. The fraction of sp³-hybridized carbons (Fsp3) is 0.714. The van der Waals surface area contributed by atoms with E-state index < -0.39 is 40.3 Å². The second kappa shape index (κ2) is 6.26. The zero-order valence-corrected chi connectivity index (χ0v) is 16.7. The van der Waals surface area contributed by atoms with Crippen LogP contribution in [0, 0.1) is 23.2 Å². The average Bonchev–Trinajstić information content (AvgIpc) is 2.73. The molecule has 1 saturated carbocycles. The zero-order valence-electron chi connectivity index (χ0n) is 16.7. The molecule has 6 nitrogen and oxygen atoms in total. The van der Waals surface area contributed by atoms with Crippen molar-refractivity contribution < 1.29 is 29.6 Å². The molecular formula is C21H30O6. The van der Waals surface area contributed by atoms with Gasteiger partial charge in [0.2, 0.25) is 0 Å². The van der Waals surface area contributed by atoms with Crippen LogP contribution in [0.15, 0.2) is 23.3 Å². The van der Waals surface area contributed by atoms with Crippen LogP contribution in [0.3, 0.4) is 0 Å². The molecule has 3 aliphatic rings. The van der Waals surface area contributed by atoms with Crippen molar-refractivity contribution in [2.24, 2.45) is 23.2 Å². The first-order chi connectivity index (χ1) is 12.4. The molecule has 6 heteroatoms. The largest absolute Gasteiger partial charge is 0.462 e. The Bertz CT molecular complexity index is 735. The number of Topliss-reactive ketones (excluding diaryl/α,β-unsaturated/α-hetero) is 1. The molecule has 0 aliphatic heterocycles. The molecule has 0 bridgehead atoms. The van der Waals surface area contributed by atoms with E-state index in [9.17, 15) is 24.9 Å². The van der Waals surface area contributed by atoms with Gasteiger partial charge in [0.05, 0.1) is 12.2 Å². The summed E-state index contributed by atoms with van der Waals surface area (Å²) in [6.07, 6.45) is 3.47. The van der Waals surface area contributed by atoms with Gasteiger partial charge < -0.3 is 20.1 Å². The maximum Gasteiger partial charge on any atom is 0.302 e. The third kappa shape index (κ3) is 2.72. The lowest BCUT2D eigenvalue weighted by Crippen LogP contribution is -2.65. The highest BCUT2D eigenvalue weighted by Gasteiger charge is 2.67. The summed E-state index contributed by atoms with van der Waals surface area (Å²) in [5, 5.41) is 33.2. The molecule has 0 amide bonds. The fourth-order valence-electron chi connectivity index (χ4n) is 5.57. The third-order valence-electron chi connectivity index (χ3n) is 7.08. The summed E-state index contributed by atoms with van der Waals surface area (Å²) in [6.45, 7) is 8.41. The van der Waals surface area contributed by atoms with Crippen molar-refractivity contribution in [2.75, 3.05) is 6.61 Å². The molecule has 3 rings (SSSR count). The van der Waals surface area contributed by atoms with Gasteiger partial charge in [0.15, 0.2) is 5.78 Å². The third-order valence-corrected chi connectivity index (χ3v) is 7.08. The van der Waals surface area contributed by atoms with Gasteiger partial charge in [-0.1, -0.05) is 32.9 Å². The van der Waals surface area contributed by atoms with Crippen LogP contribution in [0.1, 0.15) is 47.5 Å². The topological polar surface area (TPSA) is 104 Å². The molecule has 0 unspecified atom stereocenters. The summed E-state index contributed by atoms with van der Waals surface area (Å²) in [5.74, 6) is -2.40. The highest BCUT2D eigenvalue weighted by molar-refractivity contribution is 6.04. The highest BCUT2D eigenvalue weighted by atomic mass is 16.5. The number of hydrogen-bond acceptors (Lipinski definition) is 6. The van der Waals surface area contributed by atoms with Crippen molar-refractivity contribution in [2.45, 2.75) is 64.8 Å². The first-order valence-electron chi connectivity index (χ1n) is 9.54. The van der Waals surface area contributed by atoms with Crippen molar-refractivity contribution in [3.8, 4) is 0 Å². The van der Waals surface area contributed by atoms with E-state index >= 15 is 0 Å². The molecule has 27 heavy (non-hydrogen) atoms. The number of fused-ring (bicyclic) bond motifs is 3. The quantitative estimate of drug-likeness (QED) is 0.497. The Labute approximate surface area is 159 Å². The van der Waals surface area contributed by atoms with Gasteiger partial charge in [-0.3, -0.25) is 9.59 Å². The molecule has 3 aliphatic carbocycles. The molecule has 0 spiro atoms. The van der Waals surface area contributed by atoms with Crippen LogP contribution in [-0.2, 0) is 14.3 Å². The van der Waals surface area contributed by atoms with Gasteiger partial charge in [-0.25, -0.2) is 0 Å². The first-order valence-corrected chi connectivity index (χ1v) is 9.54. The van der Waals surface area contributed by atoms with E-state index in [1.807, 2.05) is 20.8 Å². The first kappa shape index (κ1) is 20.2. The van der Waals surface area contributed by atoms with E-state index in [1.165, 1.54) is 6.92 Å². The van der Waals surface area contributed by atoms with Crippen molar-refractivity contribution >= 4 is 11.8 Å². The van der Waals surface area contributed by atoms with E-state index in [-0.39, 0.29) is 24.9 Å². The number of carbonyl (C=O) groups is 2. The van der Waals surface area contributed by atoms with E-state index in [0.717, 1.165) is 0 Å². The molecule has 0 radical (unpaired) electrons. The van der Waals surface area contributed by atoms with Crippen molar-refractivity contribution in [1.82, 2.24) is 0 Å². The van der Waals surface area contributed by atoms with Gasteiger partial charge in [-0.15, -0.1) is 0 Å². The van der Waals surface area contributed by atoms with Crippen molar-refractivity contribution in [3.63, 3.8) is 0 Å². The van der Waals surface area contributed by atoms with Gasteiger partial charge in [0, 0.05) is 30.6 Å². The number of esters is 1. The van der Waals surface area contributed by atoms with Crippen LogP contribution in [0.25, 0.3) is 0 Å². The second-order valence-electron chi connectivity index (χ2n) is 9.16. The van der Waals surface area contributed by atoms with Gasteiger partial charge in [-0.05, 0) is 30.4 Å². The SMILES string of the molecule is CC(=O)O[C@@H]1C[C@@H](C)[C@@]2(O)[C@@H](C=C(CO)C[C@]3(O)C(=O)C(C)=C[C@@H]23)C1(C)C. The second-order valence-corrected chi connectivity index (χ2v) is 9.16. The minimum atomic E-state index is -1.76. The Morgan fingerprint density at radius 1 is 1.26 bits per heavy atom. The number of aliphatic hydroxyl groups excluding tert-OH is 1. The molecule has 0 aromatic carbocycles. The van der Waals surface area contributed by atoms with Gasteiger partial charge in [-0.2, -0.15) is 0 Å². The van der Waals surface area contributed by atoms with Gasteiger partial charge >= 0.3 is 5.97 Å². The maximum absolute atomic E-state index is 12.8. The summed E-state index contributed by atoms with van der Waals surface area (Å²) in [4.78, 5) is 24.4. The lowest BCUT2D eigenvalue weighted by atomic mass is 9.52. The number of ether oxygens (including phenoxy) is 1. The molecule has 0 aromatic rings. The summed E-state index contributed by atoms with van der Waals surface area (Å²) < 4.78 is 5.57. The number of carbonyl (C=O) groups excluding carboxylic acids is 2. The smallest absolute Gasteiger partial charge is 0.302 e. The Morgan fingerprint density at radius 2 is 1.89 bits per heavy atom. The van der Waals surface area contributed by atoms with Crippen LogP contribution < -0.4 is 0 Å². The predicted molar refractivity (Wildman–Crippen MR) is 98.5 cm³/mol. The van der Waals surface area contributed by atoms with E-state index in [1.54, 1.807) is 19.1 Å². The molecule has 0 heterocycles. The van der Waals surface area contributed by atoms with Crippen LogP contribution in [0.5, 0.6) is 0 Å². The molecule has 1 fully saturated rings.